The maximum atomic E-state index is 11.7. The number of phenols is 2. The van der Waals surface area contributed by atoms with Gasteiger partial charge in [0, 0.05) is 113 Å². The summed E-state index contributed by atoms with van der Waals surface area (Å²) in [5.74, 6) is 4.44. The first-order valence-corrected chi connectivity index (χ1v) is 48.4. The van der Waals surface area contributed by atoms with Crippen molar-refractivity contribution in [2.75, 3.05) is 31.3 Å². The lowest BCUT2D eigenvalue weighted by atomic mass is 10.1. The highest BCUT2D eigenvalue weighted by Crippen LogP contribution is 2.39. The van der Waals surface area contributed by atoms with Gasteiger partial charge in [-0.15, -0.1) is 0 Å². The number of hydrogen-bond donors (Lipinski definition) is 2. The number of ketones is 3. The van der Waals surface area contributed by atoms with Crippen molar-refractivity contribution in [3.63, 3.8) is 0 Å². The van der Waals surface area contributed by atoms with Gasteiger partial charge >= 0.3 is 5.97 Å². The van der Waals surface area contributed by atoms with Crippen molar-refractivity contribution in [2.45, 2.75) is 130 Å². The molecular weight excluding hydrogens is 1580 g/mol. The van der Waals surface area contributed by atoms with Crippen molar-refractivity contribution in [2.24, 2.45) is 0 Å². The lowest BCUT2D eigenvalue weighted by molar-refractivity contribution is -0.131. The van der Waals surface area contributed by atoms with Crippen LogP contribution in [0.3, 0.4) is 0 Å². The van der Waals surface area contributed by atoms with Crippen LogP contribution >= 0.6 is 35.3 Å². The molecule has 0 aliphatic rings. The van der Waals surface area contributed by atoms with Crippen molar-refractivity contribution in [3.05, 3.63) is 384 Å². The quantitative estimate of drug-likeness (QED) is 0.0277. The third kappa shape index (κ3) is 28.5. The molecule has 14 rings (SSSR count). The number of benzene rings is 14. The summed E-state index contributed by atoms with van der Waals surface area (Å²) in [7, 11) is 0.553. The molecule has 0 fully saturated rings. The highest BCUT2D eigenvalue weighted by Gasteiger charge is 2.30. The van der Waals surface area contributed by atoms with Crippen LogP contribution in [0.15, 0.2) is 403 Å². The largest absolute Gasteiger partial charge is 0.508 e. The number of ether oxygens (including phenoxy) is 1. The van der Waals surface area contributed by atoms with Gasteiger partial charge in [0.25, 0.3) is 0 Å². The Bertz CT molecular complexity index is 5150. The molecule has 15 heteroatoms. The predicted molar refractivity (Wildman–Crippen MR) is 500 cm³/mol. The molecule has 2 N–H and O–H groups in total. The van der Waals surface area contributed by atoms with Crippen LogP contribution in [-0.4, -0.2) is 64.8 Å². The van der Waals surface area contributed by atoms with E-state index in [2.05, 4.69) is 233 Å². The van der Waals surface area contributed by atoms with Crippen LogP contribution < -0.4 is 4.74 Å². The van der Waals surface area contributed by atoms with Crippen molar-refractivity contribution >= 4 is 124 Å². The van der Waals surface area contributed by atoms with Crippen LogP contribution in [0.25, 0.3) is 10.8 Å². The zero-order valence-corrected chi connectivity index (χ0v) is 73.2. The summed E-state index contributed by atoms with van der Waals surface area (Å²) in [6.45, 7) is 10.4. The Morgan fingerprint density at radius 3 is 0.974 bits per heavy atom. The molecule has 14 aromatic rings. The highest BCUT2D eigenvalue weighted by molar-refractivity contribution is 8.00. The van der Waals surface area contributed by atoms with E-state index < -0.39 is 0 Å². The second-order valence-corrected chi connectivity index (χ2v) is 41.1. The number of hydrogen-bond acceptors (Lipinski definition) is 10. The van der Waals surface area contributed by atoms with Gasteiger partial charge in [0.05, 0.1) is 10.9 Å². The SMILES string of the molecule is C.CC(=O)Oc1ccc([S+](C)C)cc1.CC(=O)c1ccc(Sc2ccc([S+](c3ccc(Sc4ccc(C(C)=O)cc4)cc3)c3ccc(Sc4ccc(C(C)=O)cc4)cc3)cc2)cc1.C[S+](Cc1ccccc1)c1ccc(O)cc1.Cc1ccc(C[S+](C)c2ccc(O)cc2)cc1.Cc1ccc([S+](C)Cc2cccc3ccccc23)cc1. The van der Waals surface area contributed by atoms with Crippen molar-refractivity contribution in [1.29, 1.82) is 0 Å². The Kier molecular flexibility index (Phi) is 35.5. The molecule has 0 spiro atoms. The van der Waals surface area contributed by atoms with Crippen molar-refractivity contribution in [3.8, 4) is 17.2 Å². The minimum atomic E-state index is -0.344. The summed E-state index contributed by atoms with van der Waals surface area (Å²) >= 11 is 5.04. The molecule has 0 aliphatic carbocycles. The standard InChI is InChI=1S/C42H33O3S4.C19H19S.C15H16OS.C14H14OS.C10H13O2S.CH4/c1-28(43)31-4-10-34(11-5-31)46-37-16-22-40(23-17-37)49(41-24-18-38(19-25-41)47-35-12-6-32(7-13-35)29(2)44)42-26-20-39(21-27-42)48-36-14-8-33(9-15-36)30(3)45;1-15-10-12-18(13-11-15)20(2)14-17-8-5-7-16-6-3-4-9-19(16)17;1-12-3-5-13(6-4-12)11-17(2)15-9-7-14(16)8-10-15;1-16(11-12-5-3-2-4-6-12)14-9-7-13(15)8-10-14;1-8(11)12-9-4-6-10(7-5-9)13(2)3;/h4-27H,1-3H3;3-13H,14H2,1-2H3;3-10H,11H2,1-2H3;2-10H,11H2,1H3;4-7H,1-3H3;1H4/q2*+1;;;+1;/p+2. The first-order valence-electron chi connectivity index (χ1n) is 37.3. The molecule has 116 heavy (non-hydrogen) atoms. The van der Waals surface area contributed by atoms with E-state index in [0.717, 1.165) is 46.6 Å². The van der Waals surface area contributed by atoms with E-state index in [1.54, 1.807) is 80.3 Å². The minimum Gasteiger partial charge on any atom is -0.508 e. The third-order valence-corrected chi connectivity index (χ3v) is 30.1. The van der Waals surface area contributed by atoms with E-state index in [4.69, 9.17) is 4.74 Å². The van der Waals surface area contributed by atoms with Gasteiger partial charge in [-0.25, -0.2) is 0 Å². The minimum absolute atomic E-state index is 0. The zero-order valence-electron chi connectivity index (χ0n) is 66.7. The van der Waals surface area contributed by atoms with Crippen molar-refractivity contribution < 1.29 is 34.1 Å². The van der Waals surface area contributed by atoms with Gasteiger partial charge in [0.1, 0.15) is 65.8 Å². The molecule has 0 amide bonds. The van der Waals surface area contributed by atoms with Crippen LogP contribution in [0.4, 0.5) is 0 Å². The smallest absolute Gasteiger partial charge is 0.308 e. The molecule has 590 valence electrons. The molecule has 0 aromatic heterocycles. The molecule has 0 saturated heterocycles. The Hall–Kier alpha value is -9.78. The average molecular weight is 1680 g/mol. The number of fused-ring (bicyclic) bond motifs is 1. The lowest BCUT2D eigenvalue weighted by Crippen LogP contribution is -2.04. The molecule has 3 unspecified atom stereocenters. The van der Waals surface area contributed by atoms with Crippen LogP contribution in [-0.2, 0) is 76.5 Å². The van der Waals surface area contributed by atoms with Gasteiger partial charge in [-0.05, 0) is 240 Å². The second-order valence-electron chi connectivity index (χ2n) is 27.4. The van der Waals surface area contributed by atoms with Crippen LogP contribution in [0.5, 0.6) is 17.2 Å². The molecule has 0 aliphatic heterocycles. The summed E-state index contributed by atoms with van der Waals surface area (Å²) < 4.78 is 4.91. The van der Waals surface area contributed by atoms with E-state index in [1.807, 2.05) is 127 Å². The summed E-state index contributed by atoms with van der Waals surface area (Å²) in [6.07, 6.45) is 11.1. The summed E-state index contributed by atoms with van der Waals surface area (Å²) in [6, 6.07) is 116. The molecule has 14 aromatic carbocycles. The molecule has 0 heterocycles. The van der Waals surface area contributed by atoms with E-state index >= 15 is 0 Å². The van der Waals surface area contributed by atoms with E-state index in [0.29, 0.717) is 33.9 Å². The Labute approximate surface area is 714 Å². The number of carbonyl (C=O) groups is 4. The maximum Gasteiger partial charge on any atom is 0.308 e. The normalized spacial score (nSPS) is 11.5. The van der Waals surface area contributed by atoms with E-state index in [1.165, 1.54) is 79.8 Å². The number of Topliss-reactive ketones (excluding diaryl/α,β-unsaturated/α-hetero) is 3. The van der Waals surface area contributed by atoms with Crippen LogP contribution in [0.2, 0.25) is 0 Å². The number of aryl methyl sites for hydroxylation is 2. The molecule has 0 saturated carbocycles. The molecule has 7 nitrogen and oxygen atoms in total. The van der Waals surface area contributed by atoms with Gasteiger partial charge in [-0.3, -0.25) is 19.2 Å². The number of phenolic OH excluding ortho intramolecular Hbond substituents is 2. The fourth-order valence-electron chi connectivity index (χ4n) is 11.8. The lowest BCUT2D eigenvalue weighted by Gasteiger charge is -2.11. The molecule has 3 atom stereocenters. The number of aromatic hydroxyl groups is 2. The Morgan fingerprint density at radius 2 is 0.612 bits per heavy atom. The Balaban J connectivity index is 0.000000188. The maximum absolute atomic E-state index is 11.7. The molecule has 0 bridgehead atoms. The van der Waals surface area contributed by atoms with Gasteiger partial charge in [0.2, 0.25) is 0 Å². The number of carbonyl (C=O) groups excluding carboxylic acids is 4. The molecular formula is C101H101O7S8+5. The van der Waals surface area contributed by atoms with Gasteiger partial charge in [0.15, 0.2) is 51.6 Å². The Morgan fingerprint density at radius 1 is 0.310 bits per heavy atom. The average Bonchev–Trinajstić information content (AvgIpc) is 0.898. The summed E-state index contributed by atoms with van der Waals surface area (Å²) in [5, 5.41) is 21.2. The third-order valence-electron chi connectivity index (χ3n) is 18.1. The first kappa shape index (κ1) is 90.1. The second kappa shape index (κ2) is 45.7. The summed E-state index contributed by atoms with van der Waals surface area (Å²) in [5.41, 5.74) is 8.97. The van der Waals surface area contributed by atoms with Gasteiger partial charge < -0.3 is 14.9 Å². The zero-order chi connectivity index (χ0) is 81.8. The molecule has 0 radical (unpaired) electrons. The number of esters is 1. The van der Waals surface area contributed by atoms with Gasteiger partial charge in [-0.2, -0.15) is 0 Å². The van der Waals surface area contributed by atoms with Gasteiger partial charge in [-0.1, -0.05) is 199 Å². The predicted octanol–water partition coefficient (Wildman–Crippen LogP) is 26.0. The van der Waals surface area contributed by atoms with E-state index in [-0.39, 0.29) is 85.2 Å². The monoisotopic (exact) mass is 1680 g/mol. The highest BCUT2D eigenvalue weighted by atomic mass is 32.2. The van der Waals surface area contributed by atoms with E-state index in [9.17, 15) is 29.4 Å². The van der Waals surface area contributed by atoms with Crippen LogP contribution in [0, 0.1) is 13.8 Å². The fourth-order valence-corrected chi connectivity index (χ4v) is 21.3. The first-order chi connectivity index (χ1) is 55.4. The number of rotatable bonds is 23. The van der Waals surface area contributed by atoms with Crippen molar-refractivity contribution in [1.82, 2.24) is 0 Å². The fraction of sp³-hybridized carbons (Fsp3) is 0.149. The summed E-state index contributed by atoms with van der Waals surface area (Å²) in [4.78, 5) is 61.3. The topological polar surface area (TPSA) is 118 Å². The van der Waals surface area contributed by atoms with Crippen LogP contribution in [0.1, 0.15) is 94.0 Å².